The molecule has 0 N–H and O–H groups in total. The monoisotopic (exact) mass is 432 g/mol. The molecule has 0 amide bonds. The second-order valence-electron chi connectivity index (χ2n) is 8.58. The van der Waals surface area contributed by atoms with Crippen molar-refractivity contribution in [2.45, 2.75) is 0 Å². The summed E-state index contributed by atoms with van der Waals surface area (Å²) in [4.78, 5) is 0. The van der Waals surface area contributed by atoms with Crippen molar-refractivity contribution in [3.05, 3.63) is 121 Å². The Hall–Kier alpha value is -3.94. The van der Waals surface area contributed by atoms with Gasteiger partial charge in [-0.1, -0.05) is 121 Å². The zero-order chi connectivity index (χ0) is 21.1. The molecule has 0 aliphatic heterocycles. The maximum absolute atomic E-state index is 2.21. The highest BCUT2D eigenvalue weighted by atomic mass is 28.1. The Labute approximate surface area is 196 Å². The molecule has 8 aromatic carbocycles. The summed E-state index contributed by atoms with van der Waals surface area (Å²) in [5.74, 6) is 0. The normalized spacial score (nSPS) is 11.4. The molecule has 0 fully saturated rings. The molecule has 0 heterocycles. The largest absolute Gasteiger partial charge is 0.0610 e. The molecular formula is C32H20Si. The molecule has 33 heavy (non-hydrogen) atoms. The van der Waals surface area contributed by atoms with Gasteiger partial charge < -0.3 is 0 Å². The molecule has 0 atom stereocenters. The van der Waals surface area contributed by atoms with E-state index in [1.807, 2.05) is 0 Å². The van der Waals surface area contributed by atoms with Crippen LogP contribution in [0.15, 0.2) is 121 Å². The molecule has 0 saturated carbocycles. The van der Waals surface area contributed by atoms with Gasteiger partial charge in [0.05, 0.1) is 0 Å². The van der Waals surface area contributed by atoms with E-state index < -0.39 is 0 Å². The Kier molecular flexibility index (Phi) is 4.53. The second kappa shape index (κ2) is 7.58. The molecule has 4 radical (unpaired) electrons. The van der Waals surface area contributed by atoms with Crippen LogP contribution in [0.5, 0.6) is 0 Å². The predicted octanol–water partition coefficient (Wildman–Crippen LogP) is 8.79. The van der Waals surface area contributed by atoms with Crippen LogP contribution in [0.25, 0.3) is 64.6 Å². The van der Waals surface area contributed by atoms with E-state index in [0.717, 1.165) is 0 Å². The fourth-order valence-electron chi connectivity index (χ4n) is 5.34. The Morgan fingerprint density at radius 1 is 0.212 bits per heavy atom. The fourth-order valence-corrected chi connectivity index (χ4v) is 5.34. The number of rotatable bonds is 0. The van der Waals surface area contributed by atoms with Gasteiger partial charge >= 0.3 is 0 Å². The minimum Gasteiger partial charge on any atom is -0.0610 e. The van der Waals surface area contributed by atoms with Crippen LogP contribution in [0, 0.1) is 0 Å². The Balaban J connectivity index is 0.000000121. The molecule has 0 nitrogen and oxygen atoms in total. The van der Waals surface area contributed by atoms with Crippen LogP contribution in [-0.4, -0.2) is 11.0 Å². The summed E-state index contributed by atoms with van der Waals surface area (Å²) in [7, 11) is 0. The van der Waals surface area contributed by atoms with E-state index in [9.17, 15) is 0 Å². The molecule has 0 unspecified atom stereocenters. The van der Waals surface area contributed by atoms with Gasteiger partial charge in [0, 0.05) is 11.0 Å². The molecule has 0 spiro atoms. The maximum atomic E-state index is 2.21. The Morgan fingerprint density at radius 2 is 0.364 bits per heavy atom. The molecule has 152 valence electrons. The van der Waals surface area contributed by atoms with Crippen molar-refractivity contribution >= 4 is 75.6 Å². The fraction of sp³-hybridized carbons (Fsp3) is 0. The zero-order valence-corrected chi connectivity index (χ0v) is 19.0. The molecule has 0 aliphatic carbocycles. The number of hydrogen-bond donors (Lipinski definition) is 0. The van der Waals surface area contributed by atoms with Gasteiger partial charge in [0.15, 0.2) is 0 Å². The van der Waals surface area contributed by atoms with E-state index in [4.69, 9.17) is 0 Å². The molecular weight excluding hydrogens is 412 g/mol. The van der Waals surface area contributed by atoms with Gasteiger partial charge in [0.1, 0.15) is 0 Å². The SMILES string of the molecule is [Si].c1cc2ccc3cccc4ccc(c1)c2c34.c1cc2ccc3cccc4ccc(c1)c2c34. The van der Waals surface area contributed by atoms with E-state index in [2.05, 4.69) is 121 Å². The first kappa shape index (κ1) is 19.7. The summed E-state index contributed by atoms with van der Waals surface area (Å²) in [6, 6.07) is 43.7. The number of benzene rings is 8. The summed E-state index contributed by atoms with van der Waals surface area (Å²) in [5.41, 5.74) is 0. The van der Waals surface area contributed by atoms with Crippen LogP contribution in [-0.2, 0) is 0 Å². The smallest absolute Gasteiger partial charge is 0 e. The minimum absolute atomic E-state index is 0. The lowest BCUT2D eigenvalue weighted by Crippen LogP contribution is -1.82. The summed E-state index contributed by atoms with van der Waals surface area (Å²) >= 11 is 0. The van der Waals surface area contributed by atoms with Gasteiger partial charge in [0.2, 0.25) is 0 Å². The molecule has 8 rings (SSSR count). The molecule has 8 aromatic rings. The zero-order valence-electron chi connectivity index (χ0n) is 18.0. The first-order valence-electron chi connectivity index (χ1n) is 11.1. The van der Waals surface area contributed by atoms with E-state index in [1.165, 1.54) is 64.6 Å². The topological polar surface area (TPSA) is 0 Å². The van der Waals surface area contributed by atoms with Crippen molar-refractivity contribution < 1.29 is 0 Å². The molecule has 1 heteroatoms. The Morgan fingerprint density at radius 3 is 0.515 bits per heavy atom. The van der Waals surface area contributed by atoms with Gasteiger partial charge in [-0.15, -0.1) is 0 Å². The van der Waals surface area contributed by atoms with Crippen LogP contribution < -0.4 is 0 Å². The third kappa shape index (κ3) is 2.97. The highest BCUT2D eigenvalue weighted by molar-refractivity contribution is 6.23. The predicted molar refractivity (Wildman–Crippen MR) is 146 cm³/mol. The van der Waals surface area contributed by atoms with Crippen molar-refractivity contribution in [1.82, 2.24) is 0 Å². The van der Waals surface area contributed by atoms with E-state index in [1.54, 1.807) is 0 Å². The van der Waals surface area contributed by atoms with Gasteiger partial charge in [-0.05, 0) is 64.6 Å². The summed E-state index contributed by atoms with van der Waals surface area (Å²) in [6.45, 7) is 0. The quantitative estimate of drug-likeness (QED) is 0.166. The lowest BCUT2D eigenvalue weighted by Gasteiger charge is -2.09. The first-order valence-corrected chi connectivity index (χ1v) is 11.1. The van der Waals surface area contributed by atoms with E-state index >= 15 is 0 Å². The summed E-state index contributed by atoms with van der Waals surface area (Å²) in [5, 5.41) is 16.3. The van der Waals surface area contributed by atoms with Gasteiger partial charge in [0.25, 0.3) is 0 Å². The minimum atomic E-state index is 0. The van der Waals surface area contributed by atoms with Crippen LogP contribution >= 0.6 is 0 Å². The Bertz CT molecular complexity index is 1480. The highest BCUT2D eigenvalue weighted by Gasteiger charge is 2.07. The lowest BCUT2D eigenvalue weighted by molar-refractivity contribution is 1.78. The average Bonchev–Trinajstić information content (AvgIpc) is 2.87. The summed E-state index contributed by atoms with van der Waals surface area (Å²) in [6.07, 6.45) is 0. The van der Waals surface area contributed by atoms with Crippen LogP contribution in [0.4, 0.5) is 0 Å². The standard InChI is InChI=1S/2C16H10.Si/c2*1-3-11-7-9-13-5-2-6-14-10-8-12(4-1)15(11)16(13)14;/h2*1-10H;. The molecule has 0 aromatic heterocycles. The molecule has 0 saturated heterocycles. The van der Waals surface area contributed by atoms with Crippen molar-refractivity contribution in [2.75, 3.05) is 0 Å². The van der Waals surface area contributed by atoms with Gasteiger partial charge in [-0.2, -0.15) is 0 Å². The number of hydrogen-bond acceptors (Lipinski definition) is 0. The second-order valence-corrected chi connectivity index (χ2v) is 8.58. The first-order chi connectivity index (χ1) is 15.9. The van der Waals surface area contributed by atoms with Crippen LogP contribution in [0.2, 0.25) is 0 Å². The maximum Gasteiger partial charge on any atom is 0 e. The van der Waals surface area contributed by atoms with Gasteiger partial charge in [-0.25, -0.2) is 0 Å². The van der Waals surface area contributed by atoms with E-state index in [0.29, 0.717) is 0 Å². The van der Waals surface area contributed by atoms with Crippen LogP contribution in [0.1, 0.15) is 0 Å². The van der Waals surface area contributed by atoms with Crippen molar-refractivity contribution in [3.63, 3.8) is 0 Å². The third-order valence-electron chi connectivity index (χ3n) is 6.79. The van der Waals surface area contributed by atoms with Gasteiger partial charge in [-0.3, -0.25) is 0 Å². The van der Waals surface area contributed by atoms with Crippen molar-refractivity contribution in [1.29, 1.82) is 0 Å². The van der Waals surface area contributed by atoms with Crippen LogP contribution in [0.3, 0.4) is 0 Å². The lowest BCUT2D eigenvalue weighted by atomic mass is 9.95. The molecule has 0 bridgehead atoms. The average molecular weight is 433 g/mol. The van der Waals surface area contributed by atoms with Crippen molar-refractivity contribution in [3.8, 4) is 0 Å². The highest BCUT2D eigenvalue weighted by Crippen LogP contribution is 2.35. The van der Waals surface area contributed by atoms with Crippen molar-refractivity contribution in [2.24, 2.45) is 0 Å². The molecule has 0 aliphatic rings. The van der Waals surface area contributed by atoms with E-state index in [-0.39, 0.29) is 11.0 Å². The summed E-state index contributed by atoms with van der Waals surface area (Å²) < 4.78 is 0. The third-order valence-corrected chi connectivity index (χ3v) is 6.79.